The fraction of sp³-hybridized carbons (Fsp3) is 0. The number of carboxylic acid groups (broad SMARTS) is 1. The summed E-state index contributed by atoms with van der Waals surface area (Å²) in [5, 5.41) is 13.9. The molecule has 2 aromatic heterocycles. The fourth-order valence-corrected chi connectivity index (χ4v) is 4.81. The van der Waals surface area contributed by atoms with E-state index in [-0.39, 0.29) is 11.5 Å². The highest BCUT2D eigenvalue weighted by atomic mass is 32.2. The first-order valence-corrected chi connectivity index (χ1v) is 11.4. The highest BCUT2D eigenvalue weighted by Crippen LogP contribution is 2.37. The minimum atomic E-state index is -1.03. The first kappa shape index (κ1) is 21.7. The number of pyridine rings is 1. The molecule has 1 fully saturated rings. The molecular formula is C25H16N4O3S2. The van der Waals surface area contributed by atoms with E-state index in [1.807, 2.05) is 48.7 Å². The number of amides is 1. The van der Waals surface area contributed by atoms with Gasteiger partial charge in [-0.3, -0.25) is 14.7 Å². The minimum absolute atomic E-state index is 0.138. The highest BCUT2D eigenvalue weighted by Gasteiger charge is 2.33. The Balaban J connectivity index is 1.54. The van der Waals surface area contributed by atoms with Crippen LogP contribution in [0.4, 0.5) is 5.69 Å². The van der Waals surface area contributed by atoms with Gasteiger partial charge in [0.2, 0.25) is 0 Å². The van der Waals surface area contributed by atoms with E-state index in [2.05, 4.69) is 4.98 Å². The largest absolute Gasteiger partial charge is 0.478 e. The summed E-state index contributed by atoms with van der Waals surface area (Å²) in [7, 11) is 0. The second kappa shape index (κ2) is 9.05. The van der Waals surface area contributed by atoms with Gasteiger partial charge < -0.3 is 5.11 Å². The van der Waals surface area contributed by atoms with E-state index >= 15 is 0 Å². The number of thioether (sulfide) groups is 1. The summed E-state index contributed by atoms with van der Waals surface area (Å²) in [4.78, 5) is 30.5. The molecule has 0 unspecified atom stereocenters. The summed E-state index contributed by atoms with van der Waals surface area (Å²) < 4.78 is 2.14. The molecule has 5 rings (SSSR count). The first-order valence-electron chi connectivity index (χ1n) is 10.2. The standard InChI is InChI=1S/C25H16N4O3S2/c30-23-21(34-25(33)29(23)20-10-8-16(9-11-20)24(31)32)13-18-15-28(19-6-2-1-3-7-19)27-22(18)17-5-4-12-26-14-17/h1-15H,(H,31,32)/b21-13+. The Labute approximate surface area is 204 Å². The van der Waals surface area contributed by atoms with Crippen LogP contribution in [-0.2, 0) is 4.79 Å². The molecule has 1 saturated heterocycles. The fourth-order valence-electron chi connectivity index (χ4n) is 3.52. The van der Waals surface area contributed by atoms with Crippen molar-refractivity contribution >= 4 is 51.9 Å². The van der Waals surface area contributed by atoms with Crippen molar-refractivity contribution < 1.29 is 14.7 Å². The Hall–Kier alpha value is -4.08. The van der Waals surface area contributed by atoms with Crippen molar-refractivity contribution in [3.8, 4) is 16.9 Å². The maximum Gasteiger partial charge on any atom is 0.335 e. The topological polar surface area (TPSA) is 88.3 Å². The van der Waals surface area contributed by atoms with Crippen LogP contribution in [0, 0.1) is 0 Å². The van der Waals surface area contributed by atoms with Crippen LogP contribution in [0.3, 0.4) is 0 Å². The lowest BCUT2D eigenvalue weighted by Gasteiger charge is -2.14. The molecule has 0 aliphatic carbocycles. The second-order valence-electron chi connectivity index (χ2n) is 7.32. The average molecular weight is 485 g/mol. The summed E-state index contributed by atoms with van der Waals surface area (Å²) in [5.41, 5.74) is 3.80. The van der Waals surface area contributed by atoms with Gasteiger partial charge in [0, 0.05) is 29.7 Å². The quantitative estimate of drug-likeness (QED) is 0.314. The van der Waals surface area contributed by atoms with Crippen LogP contribution in [0.1, 0.15) is 15.9 Å². The zero-order valence-corrected chi connectivity index (χ0v) is 19.2. The zero-order valence-electron chi connectivity index (χ0n) is 17.5. The molecule has 166 valence electrons. The number of nitrogens with zero attached hydrogens (tertiary/aromatic N) is 4. The zero-order chi connectivity index (χ0) is 23.7. The number of para-hydroxylation sites is 1. The van der Waals surface area contributed by atoms with E-state index in [9.17, 15) is 9.59 Å². The van der Waals surface area contributed by atoms with Gasteiger partial charge in [0.25, 0.3) is 5.91 Å². The van der Waals surface area contributed by atoms with E-state index < -0.39 is 5.97 Å². The number of carbonyl (C=O) groups excluding carboxylic acids is 1. The number of thiocarbonyl (C=S) groups is 1. The van der Waals surface area contributed by atoms with Crippen LogP contribution in [-0.4, -0.2) is 36.1 Å². The SMILES string of the molecule is O=C(O)c1ccc(N2C(=O)/C(=C\c3cn(-c4ccccc4)nc3-c3cccnc3)SC2=S)cc1. The van der Waals surface area contributed by atoms with Gasteiger partial charge in [-0.15, -0.1) is 0 Å². The predicted molar refractivity (Wildman–Crippen MR) is 136 cm³/mol. The van der Waals surface area contributed by atoms with Crippen LogP contribution in [0.25, 0.3) is 23.0 Å². The van der Waals surface area contributed by atoms with Crippen molar-refractivity contribution in [2.75, 3.05) is 4.90 Å². The smallest absolute Gasteiger partial charge is 0.335 e. The number of carbonyl (C=O) groups is 2. The molecule has 1 aliphatic heterocycles. The predicted octanol–water partition coefficient (Wildman–Crippen LogP) is 5.04. The van der Waals surface area contributed by atoms with E-state index in [0.717, 1.165) is 16.8 Å². The van der Waals surface area contributed by atoms with E-state index in [0.29, 0.717) is 20.6 Å². The van der Waals surface area contributed by atoms with Gasteiger partial charge in [-0.05, 0) is 54.6 Å². The average Bonchev–Trinajstić information content (AvgIpc) is 3.41. The number of hydrogen-bond acceptors (Lipinski definition) is 6. The second-order valence-corrected chi connectivity index (χ2v) is 9.00. The number of aromatic carboxylic acids is 1. The van der Waals surface area contributed by atoms with Gasteiger partial charge in [0.05, 0.1) is 21.8 Å². The van der Waals surface area contributed by atoms with Crippen molar-refractivity contribution in [2.24, 2.45) is 0 Å². The van der Waals surface area contributed by atoms with E-state index in [1.165, 1.54) is 28.8 Å². The Morgan fingerprint density at radius 3 is 2.44 bits per heavy atom. The molecular weight excluding hydrogens is 468 g/mol. The number of hydrogen-bond donors (Lipinski definition) is 1. The molecule has 2 aromatic carbocycles. The van der Waals surface area contributed by atoms with Gasteiger partial charge in [-0.1, -0.05) is 42.2 Å². The van der Waals surface area contributed by atoms with Crippen molar-refractivity contribution in [3.63, 3.8) is 0 Å². The lowest BCUT2D eigenvalue weighted by atomic mass is 10.1. The maximum atomic E-state index is 13.3. The van der Waals surface area contributed by atoms with E-state index in [4.69, 9.17) is 22.4 Å². The third kappa shape index (κ3) is 4.14. The first-order chi connectivity index (χ1) is 16.5. The molecule has 3 heterocycles. The molecule has 7 nitrogen and oxygen atoms in total. The third-order valence-corrected chi connectivity index (χ3v) is 6.45. The minimum Gasteiger partial charge on any atom is -0.478 e. The van der Waals surface area contributed by atoms with Crippen LogP contribution in [0.15, 0.2) is 90.2 Å². The van der Waals surface area contributed by atoms with Gasteiger partial charge >= 0.3 is 5.97 Å². The van der Waals surface area contributed by atoms with Gasteiger partial charge in [0.15, 0.2) is 4.32 Å². The molecule has 0 atom stereocenters. The van der Waals surface area contributed by atoms with Gasteiger partial charge in [-0.25, -0.2) is 9.48 Å². The Morgan fingerprint density at radius 2 is 1.76 bits per heavy atom. The van der Waals surface area contributed by atoms with Crippen LogP contribution in [0.5, 0.6) is 0 Å². The summed E-state index contributed by atoms with van der Waals surface area (Å²) >= 11 is 6.66. The third-order valence-electron chi connectivity index (χ3n) is 5.15. The number of anilines is 1. The molecule has 34 heavy (non-hydrogen) atoms. The van der Waals surface area contributed by atoms with Crippen molar-refractivity contribution in [1.82, 2.24) is 14.8 Å². The maximum absolute atomic E-state index is 13.3. The van der Waals surface area contributed by atoms with Gasteiger partial charge in [0.1, 0.15) is 5.69 Å². The Kier molecular flexibility index (Phi) is 5.79. The normalized spacial score (nSPS) is 14.7. The number of aromatic nitrogens is 3. The molecule has 0 radical (unpaired) electrons. The number of benzene rings is 2. The summed E-state index contributed by atoms with van der Waals surface area (Å²) in [6.45, 7) is 0. The Bertz CT molecular complexity index is 1430. The van der Waals surface area contributed by atoms with Gasteiger partial charge in [-0.2, -0.15) is 5.10 Å². The lowest BCUT2D eigenvalue weighted by molar-refractivity contribution is -0.113. The van der Waals surface area contributed by atoms with Crippen molar-refractivity contribution in [3.05, 3.63) is 101 Å². The lowest BCUT2D eigenvalue weighted by Crippen LogP contribution is -2.27. The monoisotopic (exact) mass is 484 g/mol. The molecule has 0 bridgehead atoms. The molecule has 4 aromatic rings. The molecule has 9 heteroatoms. The van der Waals surface area contributed by atoms with Crippen molar-refractivity contribution in [1.29, 1.82) is 0 Å². The molecule has 1 aliphatic rings. The molecule has 0 spiro atoms. The molecule has 0 saturated carbocycles. The highest BCUT2D eigenvalue weighted by molar-refractivity contribution is 8.27. The molecule has 1 N–H and O–H groups in total. The van der Waals surface area contributed by atoms with Crippen LogP contribution in [0.2, 0.25) is 0 Å². The molecule has 1 amide bonds. The number of carboxylic acids is 1. The summed E-state index contributed by atoms with van der Waals surface area (Å²) in [6, 6.07) is 19.5. The summed E-state index contributed by atoms with van der Waals surface area (Å²) in [6.07, 6.45) is 7.06. The Morgan fingerprint density at radius 1 is 1.00 bits per heavy atom. The van der Waals surface area contributed by atoms with E-state index in [1.54, 1.807) is 35.3 Å². The van der Waals surface area contributed by atoms with Crippen LogP contribution < -0.4 is 4.90 Å². The number of rotatable bonds is 5. The van der Waals surface area contributed by atoms with Crippen molar-refractivity contribution in [2.45, 2.75) is 0 Å². The summed E-state index contributed by atoms with van der Waals surface area (Å²) in [5.74, 6) is -1.31. The van der Waals surface area contributed by atoms with Crippen LogP contribution >= 0.6 is 24.0 Å².